The first kappa shape index (κ1) is 11.7. The van der Waals surface area contributed by atoms with E-state index >= 15 is 0 Å². The zero-order chi connectivity index (χ0) is 10.7. The lowest BCUT2D eigenvalue weighted by Crippen LogP contribution is -2.49. The summed E-state index contributed by atoms with van der Waals surface area (Å²) in [5, 5.41) is 10.0. The summed E-state index contributed by atoms with van der Waals surface area (Å²) in [5.74, 6) is 1.47. The van der Waals surface area contributed by atoms with E-state index in [0.29, 0.717) is 11.2 Å². The number of aliphatic hydroxyl groups excluding tert-OH is 1. The van der Waals surface area contributed by atoms with Gasteiger partial charge in [0.15, 0.2) is 0 Å². The van der Waals surface area contributed by atoms with Gasteiger partial charge in [0, 0.05) is 24.2 Å². The van der Waals surface area contributed by atoms with Gasteiger partial charge in [0.2, 0.25) is 0 Å². The van der Waals surface area contributed by atoms with E-state index in [9.17, 15) is 5.11 Å². The highest BCUT2D eigenvalue weighted by Crippen LogP contribution is 2.40. The van der Waals surface area contributed by atoms with Crippen molar-refractivity contribution >= 4 is 11.8 Å². The third kappa shape index (κ3) is 3.09. The Hall–Kier alpha value is 0.230. The SMILES string of the molecule is NC(CO)(CSC1CCOCC1)C1CC1. The predicted octanol–water partition coefficient (Wildman–Crippen LogP) is 0.998. The fourth-order valence-electron chi connectivity index (χ4n) is 2.07. The molecule has 1 heterocycles. The molecule has 0 spiro atoms. The maximum atomic E-state index is 9.36. The molecule has 4 heteroatoms. The third-order valence-corrected chi connectivity index (χ3v) is 5.09. The molecule has 3 nitrogen and oxygen atoms in total. The minimum absolute atomic E-state index is 0.133. The Bertz CT molecular complexity index is 205. The van der Waals surface area contributed by atoms with Gasteiger partial charge in [-0.15, -0.1) is 0 Å². The molecule has 0 bridgehead atoms. The van der Waals surface area contributed by atoms with Crippen LogP contribution >= 0.6 is 11.8 Å². The van der Waals surface area contributed by atoms with E-state index in [1.807, 2.05) is 11.8 Å². The van der Waals surface area contributed by atoms with Gasteiger partial charge in [0.05, 0.1) is 12.1 Å². The fourth-order valence-corrected chi connectivity index (χ4v) is 3.47. The van der Waals surface area contributed by atoms with E-state index in [4.69, 9.17) is 10.5 Å². The Morgan fingerprint density at radius 2 is 1.93 bits per heavy atom. The number of aliphatic hydroxyl groups is 1. The molecule has 15 heavy (non-hydrogen) atoms. The first-order chi connectivity index (χ1) is 7.24. The first-order valence-corrected chi connectivity index (χ1v) is 6.88. The van der Waals surface area contributed by atoms with Crippen molar-refractivity contribution < 1.29 is 9.84 Å². The molecular weight excluding hydrogens is 210 g/mol. The molecule has 1 saturated carbocycles. The van der Waals surface area contributed by atoms with Gasteiger partial charge in [0.25, 0.3) is 0 Å². The molecule has 0 aromatic heterocycles. The van der Waals surface area contributed by atoms with Crippen LogP contribution in [-0.4, -0.2) is 41.5 Å². The smallest absolute Gasteiger partial charge is 0.0622 e. The molecule has 2 aliphatic rings. The molecular formula is C11H21NO2S. The van der Waals surface area contributed by atoms with Crippen molar-refractivity contribution in [1.82, 2.24) is 0 Å². The van der Waals surface area contributed by atoms with Crippen LogP contribution in [0.2, 0.25) is 0 Å². The molecule has 0 aromatic carbocycles. The molecule has 1 unspecified atom stereocenters. The summed E-state index contributed by atoms with van der Waals surface area (Å²) in [7, 11) is 0. The molecule has 1 aliphatic carbocycles. The number of hydrogen-bond acceptors (Lipinski definition) is 4. The van der Waals surface area contributed by atoms with Gasteiger partial charge in [-0.1, -0.05) is 0 Å². The molecule has 3 N–H and O–H groups in total. The fraction of sp³-hybridized carbons (Fsp3) is 1.00. The third-order valence-electron chi connectivity index (χ3n) is 3.44. The molecule has 1 atom stereocenters. The van der Waals surface area contributed by atoms with Crippen molar-refractivity contribution in [3.05, 3.63) is 0 Å². The lowest BCUT2D eigenvalue weighted by atomic mass is 9.99. The van der Waals surface area contributed by atoms with Crippen LogP contribution in [0.15, 0.2) is 0 Å². The topological polar surface area (TPSA) is 55.5 Å². The van der Waals surface area contributed by atoms with Crippen molar-refractivity contribution in [2.75, 3.05) is 25.6 Å². The second kappa shape index (κ2) is 5.04. The van der Waals surface area contributed by atoms with Gasteiger partial charge in [0.1, 0.15) is 0 Å². The molecule has 1 aliphatic heterocycles. The highest BCUT2D eigenvalue weighted by atomic mass is 32.2. The summed E-state index contributed by atoms with van der Waals surface area (Å²) in [6.07, 6.45) is 4.67. The van der Waals surface area contributed by atoms with Crippen LogP contribution in [0.25, 0.3) is 0 Å². The summed E-state index contributed by atoms with van der Waals surface area (Å²) in [4.78, 5) is 0. The molecule has 0 amide bonds. The summed E-state index contributed by atoms with van der Waals surface area (Å²) >= 11 is 1.93. The average Bonchev–Trinajstić information content (AvgIpc) is 3.11. The van der Waals surface area contributed by atoms with E-state index in [0.717, 1.165) is 31.8 Å². The van der Waals surface area contributed by atoms with Crippen molar-refractivity contribution in [3.8, 4) is 0 Å². The number of nitrogens with two attached hydrogens (primary N) is 1. The maximum absolute atomic E-state index is 9.36. The highest BCUT2D eigenvalue weighted by molar-refractivity contribution is 8.00. The van der Waals surface area contributed by atoms with E-state index in [2.05, 4.69) is 0 Å². The molecule has 88 valence electrons. The number of rotatable bonds is 5. The molecule has 2 rings (SSSR count). The van der Waals surface area contributed by atoms with Gasteiger partial charge in [-0.05, 0) is 31.6 Å². The quantitative estimate of drug-likeness (QED) is 0.741. The highest BCUT2D eigenvalue weighted by Gasteiger charge is 2.42. The average molecular weight is 231 g/mol. The van der Waals surface area contributed by atoms with Crippen LogP contribution in [-0.2, 0) is 4.74 Å². The van der Waals surface area contributed by atoms with Gasteiger partial charge in [-0.25, -0.2) is 0 Å². The van der Waals surface area contributed by atoms with Crippen LogP contribution in [0.5, 0.6) is 0 Å². The van der Waals surface area contributed by atoms with E-state index in [1.54, 1.807) is 0 Å². The Labute approximate surface area is 95.7 Å². The lowest BCUT2D eigenvalue weighted by Gasteiger charge is -2.30. The van der Waals surface area contributed by atoms with Crippen LogP contribution < -0.4 is 5.73 Å². The maximum Gasteiger partial charge on any atom is 0.0622 e. The second-order valence-electron chi connectivity index (χ2n) is 4.79. The Balaban J connectivity index is 1.74. The molecule has 0 radical (unpaired) electrons. The standard InChI is InChI=1S/C11H21NO2S/c12-11(7-13,9-1-2-9)8-15-10-3-5-14-6-4-10/h9-10,13H,1-8,12H2. The van der Waals surface area contributed by atoms with Gasteiger partial charge in [-0.3, -0.25) is 0 Å². The van der Waals surface area contributed by atoms with Crippen molar-refractivity contribution in [3.63, 3.8) is 0 Å². The number of ether oxygens (including phenoxy) is 1. The largest absolute Gasteiger partial charge is 0.394 e. The molecule has 1 saturated heterocycles. The van der Waals surface area contributed by atoms with Crippen molar-refractivity contribution in [2.24, 2.45) is 11.7 Å². The number of hydrogen-bond donors (Lipinski definition) is 2. The second-order valence-corrected chi connectivity index (χ2v) is 6.08. The van der Waals surface area contributed by atoms with Crippen LogP contribution in [0.3, 0.4) is 0 Å². The Morgan fingerprint density at radius 1 is 1.27 bits per heavy atom. The minimum atomic E-state index is -0.316. The Kier molecular flexibility index (Phi) is 3.93. The van der Waals surface area contributed by atoms with Crippen molar-refractivity contribution in [1.29, 1.82) is 0 Å². The predicted molar refractivity (Wildman–Crippen MR) is 63.0 cm³/mol. The first-order valence-electron chi connectivity index (χ1n) is 5.84. The zero-order valence-corrected chi connectivity index (χ0v) is 9.97. The monoisotopic (exact) mass is 231 g/mol. The van der Waals surface area contributed by atoms with Crippen LogP contribution in [0.4, 0.5) is 0 Å². The lowest BCUT2D eigenvalue weighted by molar-refractivity contribution is 0.0998. The summed E-state index contributed by atoms with van der Waals surface area (Å²) in [6.45, 7) is 1.91. The van der Waals surface area contributed by atoms with Crippen LogP contribution in [0.1, 0.15) is 25.7 Å². The van der Waals surface area contributed by atoms with Crippen LogP contribution in [0, 0.1) is 5.92 Å². The minimum Gasteiger partial charge on any atom is -0.394 e. The van der Waals surface area contributed by atoms with Gasteiger partial charge < -0.3 is 15.6 Å². The molecule has 2 fully saturated rings. The van der Waals surface area contributed by atoms with E-state index in [1.165, 1.54) is 12.8 Å². The van der Waals surface area contributed by atoms with Gasteiger partial charge >= 0.3 is 0 Å². The summed E-state index contributed by atoms with van der Waals surface area (Å²) in [5.41, 5.74) is 5.90. The van der Waals surface area contributed by atoms with Crippen molar-refractivity contribution in [2.45, 2.75) is 36.5 Å². The molecule has 0 aromatic rings. The summed E-state index contributed by atoms with van der Waals surface area (Å²) < 4.78 is 5.32. The van der Waals surface area contributed by atoms with E-state index < -0.39 is 0 Å². The normalized spacial score (nSPS) is 27.6. The zero-order valence-electron chi connectivity index (χ0n) is 9.15. The Morgan fingerprint density at radius 3 is 2.47 bits per heavy atom. The summed E-state index contributed by atoms with van der Waals surface area (Å²) in [6, 6.07) is 0. The van der Waals surface area contributed by atoms with E-state index in [-0.39, 0.29) is 12.1 Å². The van der Waals surface area contributed by atoms with Gasteiger partial charge in [-0.2, -0.15) is 11.8 Å². The number of thioether (sulfide) groups is 1.